The first-order chi connectivity index (χ1) is 20.1. The summed E-state index contributed by atoms with van der Waals surface area (Å²) in [4.78, 5) is 40.5. The predicted molar refractivity (Wildman–Crippen MR) is 163 cm³/mol. The molecule has 1 aliphatic heterocycles. The normalized spacial score (nSPS) is 12.9. The van der Waals surface area contributed by atoms with Crippen molar-refractivity contribution in [3.63, 3.8) is 0 Å². The van der Waals surface area contributed by atoms with Crippen LogP contribution in [0.5, 0.6) is 0 Å². The van der Waals surface area contributed by atoms with Gasteiger partial charge in [-0.3, -0.25) is 9.59 Å². The zero-order valence-electron chi connectivity index (χ0n) is 24.0. The van der Waals surface area contributed by atoms with Gasteiger partial charge in [-0.2, -0.15) is 15.0 Å². The van der Waals surface area contributed by atoms with Crippen molar-refractivity contribution in [2.24, 2.45) is 0 Å². The lowest BCUT2D eigenvalue weighted by Crippen LogP contribution is -2.31. The van der Waals surface area contributed by atoms with Crippen molar-refractivity contribution >= 4 is 35.1 Å². The third kappa shape index (κ3) is 6.38. The minimum atomic E-state index is -0.209. The summed E-state index contributed by atoms with van der Waals surface area (Å²) in [7, 11) is 0. The highest BCUT2D eigenvalue weighted by Crippen LogP contribution is 2.29. The van der Waals surface area contributed by atoms with E-state index in [-0.39, 0.29) is 29.1 Å². The minimum absolute atomic E-state index is 0.00334. The molecule has 0 fully saturated rings. The number of benzene rings is 3. The van der Waals surface area contributed by atoms with Crippen LogP contribution in [0, 0.1) is 6.92 Å². The summed E-state index contributed by atoms with van der Waals surface area (Å²) in [5, 5.41) is 6.14. The molecular weight excluding hydrogens is 530 g/mol. The van der Waals surface area contributed by atoms with Gasteiger partial charge in [-0.15, -0.1) is 0 Å². The zero-order chi connectivity index (χ0) is 29.9. The number of amides is 2. The predicted octanol–water partition coefficient (Wildman–Crippen LogP) is 5.67. The molecule has 1 aromatic heterocycles. The van der Waals surface area contributed by atoms with Crippen molar-refractivity contribution in [1.29, 1.82) is 0 Å². The Balaban J connectivity index is 1.33. The van der Waals surface area contributed by atoms with Gasteiger partial charge in [0.2, 0.25) is 11.9 Å². The molecule has 4 N–H and O–H groups in total. The number of nitrogens with one attached hydrogen (secondary N) is 2. The summed E-state index contributed by atoms with van der Waals surface area (Å²) in [5.74, 6) is 0.331. The SMILES string of the molecule is Cc1c(NC(=O)c2ccc(C(C)(C)C)cc2)cccc1-c1nc(N)nc(Nc2ccc(C(=O)N3C=COCC3)cc2)n1. The molecule has 42 heavy (non-hydrogen) atoms. The molecular formula is C32H33N7O3. The largest absolute Gasteiger partial charge is 0.498 e. The Bertz CT molecular complexity index is 1640. The van der Waals surface area contributed by atoms with Gasteiger partial charge in [-0.05, 0) is 65.9 Å². The van der Waals surface area contributed by atoms with Crippen molar-refractivity contribution in [1.82, 2.24) is 19.9 Å². The van der Waals surface area contributed by atoms with E-state index in [9.17, 15) is 9.59 Å². The Labute approximate surface area is 244 Å². The second kappa shape index (κ2) is 11.7. The molecule has 1 aliphatic rings. The van der Waals surface area contributed by atoms with Crippen LogP contribution in [-0.4, -0.2) is 44.8 Å². The van der Waals surface area contributed by atoms with E-state index in [1.54, 1.807) is 35.4 Å². The van der Waals surface area contributed by atoms with Crippen LogP contribution < -0.4 is 16.4 Å². The fourth-order valence-corrected chi connectivity index (χ4v) is 4.47. The molecule has 5 rings (SSSR count). The average molecular weight is 564 g/mol. The molecule has 0 saturated carbocycles. The molecule has 3 aromatic carbocycles. The smallest absolute Gasteiger partial charge is 0.258 e. The van der Waals surface area contributed by atoms with Crippen LogP contribution in [0.1, 0.15) is 52.6 Å². The Morgan fingerprint density at radius 3 is 2.31 bits per heavy atom. The number of hydrogen-bond acceptors (Lipinski definition) is 8. The van der Waals surface area contributed by atoms with E-state index in [2.05, 4.69) is 46.4 Å². The van der Waals surface area contributed by atoms with Crippen molar-refractivity contribution in [3.05, 3.63) is 101 Å². The van der Waals surface area contributed by atoms with E-state index in [1.807, 2.05) is 49.4 Å². The van der Waals surface area contributed by atoms with Crippen molar-refractivity contribution < 1.29 is 14.3 Å². The number of aromatic nitrogens is 3. The number of nitrogens with zero attached hydrogens (tertiary/aromatic N) is 4. The summed E-state index contributed by atoms with van der Waals surface area (Å²) in [5.41, 5.74) is 11.1. The van der Waals surface area contributed by atoms with Gasteiger partial charge in [0.25, 0.3) is 11.8 Å². The van der Waals surface area contributed by atoms with Gasteiger partial charge >= 0.3 is 0 Å². The van der Waals surface area contributed by atoms with E-state index in [0.717, 1.165) is 11.1 Å². The Kier molecular flexibility index (Phi) is 7.88. The lowest BCUT2D eigenvalue weighted by molar-refractivity contribution is 0.0751. The Morgan fingerprint density at radius 2 is 1.64 bits per heavy atom. The third-order valence-corrected chi connectivity index (χ3v) is 6.92. The van der Waals surface area contributed by atoms with E-state index >= 15 is 0 Å². The van der Waals surface area contributed by atoms with Crippen LogP contribution in [-0.2, 0) is 10.2 Å². The van der Waals surface area contributed by atoms with Gasteiger partial charge in [0.05, 0.1) is 12.8 Å². The van der Waals surface area contributed by atoms with Crippen LogP contribution in [0.2, 0.25) is 0 Å². The second-order valence-electron chi connectivity index (χ2n) is 11.0. The number of nitrogen functional groups attached to an aromatic ring is 1. The summed E-state index contributed by atoms with van der Waals surface area (Å²) >= 11 is 0. The first-order valence-corrected chi connectivity index (χ1v) is 13.6. The lowest BCUT2D eigenvalue weighted by atomic mass is 9.86. The van der Waals surface area contributed by atoms with Crippen LogP contribution >= 0.6 is 0 Å². The van der Waals surface area contributed by atoms with E-state index in [1.165, 1.54) is 6.26 Å². The number of anilines is 4. The summed E-state index contributed by atoms with van der Waals surface area (Å²) in [6.45, 7) is 9.25. The summed E-state index contributed by atoms with van der Waals surface area (Å²) in [6.07, 6.45) is 3.14. The Hall–Kier alpha value is -5.25. The zero-order valence-corrected chi connectivity index (χ0v) is 24.0. The topological polar surface area (TPSA) is 135 Å². The summed E-state index contributed by atoms with van der Waals surface area (Å²) in [6, 6.07) is 20.1. The first-order valence-electron chi connectivity index (χ1n) is 13.6. The number of rotatable bonds is 6. The molecule has 4 aromatic rings. The van der Waals surface area contributed by atoms with Crippen molar-refractivity contribution in [2.45, 2.75) is 33.1 Å². The first kappa shape index (κ1) is 28.3. The van der Waals surface area contributed by atoms with Gasteiger partial charge in [0, 0.05) is 34.3 Å². The third-order valence-electron chi connectivity index (χ3n) is 6.92. The average Bonchev–Trinajstić information content (AvgIpc) is 2.98. The van der Waals surface area contributed by atoms with E-state index in [4.69, 9.17) is 10.5 Å². The van der Waals surface area contributed by atoms with Gasteiger partial charge in [-0.25, -0.2) is 0 Å². The van der Waals surface area contributed by atoms with E-state index < -0.39 is 0 Å². The second-order valence-corrected chi connectivity index (χ2v) is 11.0. The number of nitrogens with two attached hydrogens (primary N) is 1. The molecule has 2 heterocycles. The molecule has 0 atom stereocenters. The maximum atomic E-state index is 13.0. The number of hydrogen-bond donors (Lipinski definition) is 3. The molecule has 0 spiro atoms. The molecule has 0 unspecified atom stereocenters. The highest BCUT2D eigenvalue weighted by atomic mass is 16.5. The van der Waals surface area contributed by atoms with Crippen LogP contribution in [0.15, 0.2) is 79.2 Å². The van der Waals surface area contributed by atoms with Gasteiger partial charge in [-0.1, -0.05) is 45.0 Å². The van der Waals surface area contributed by atoms with Crippen molar-refractivity contribution in [2.75, 3.05) is 29.5 Å². The van der Waals surface area contributed by atoms with Crippen molar-refractivity contribution in [3.8, 4) is 11.4 Å². The number of carbonyl (C=O) groups excluding carboxylic acids is 2. The molecule has 2 amide bonds. The number of ether oxygens (including phenoxy) is 1. The molecule has 0 aliphatic carbocycles. The standard InChI is InChI=1S/C32H33N7O3/c1-20-25(6-5-7-26(20)35-28(40)21-8-12-23(13-9-21)32(2,3)4)27-36-30(33)38-31(37-27)34-24-14-10-22(11-15-24)29(41)39-16-18-42-19-17-39/h5-16,18H,17,19H2,1-4H3,(H,35,40)(H3,33,34,36,37,38). The number of carbonyl (C=O) groups is 2. The fraction of sp³-hybridized carbons (Fsp3) is 0.219. The maximum Gasteiger partial charge on any atom is 0.258 e. The lowest BCUT2D eigenvalue weighted by Gasteiger charge is -2.21. The minimum Gasteiger partial charge on any atom is -0.498 e. The highest BCUT2D eigenvalue weighted by Gasteiger charge is 2.18. The quantitative estimate of drug-likeness (QED) is 0.273. The molecule has 0 bridgehead atoms. The summed E-state index contributed by atoms with van der Waals surface area (Å²) < 4.78 is 5.15. The highest BCUT2D eigenvalue weighted by molar-refractivity contribution is 6.05. The maximum absolute atomic E-state index is 13.0. The van der Waals surface area contributed by atoms with Gasteiger partial charge < -0.3 is 26.0 Å². The van der Waals surface area contributed by atoms with Crippen LogP contribution in [0.3, 0.4) is 0 Å². The monoisotopic (exact) mass is 563 g/mol. The van der Waals surface area contributed by atoms with E-state index in [0.29, 0.717) is 47.0 Å². The molecule has 214 valence electrons. The molecule has 0 saturated heterocycles. The molecule has 10 nitrogen and oxygen atoms in total. The van der Waals surface area contributed by atoms with Gasteiger partial charge in [0.15, 0.2) is 5.82 Å². The molecule has 10 heteroatoms. The van der Waals surface area contributed by atoms with Crippen LogP contribution in [0.25, 0.3) is 11.4 Å². The molecule has 0 radical (unpaired) electrons. The fourth-order valence-electron chi connectivity index (χ4n) is 4.47. The van der Waals surface area contributed by atoms with Gasteiger partial charge in [0.1, 0.15) is 6.61 Å². The Morgan fingerprint density at radius 1 is 0.929 bits per heavy atom. The van der Waals surface area contributed by atoms with Crippen LogP contribution in [0.4, 0.5) is 23.3 Å².